The summed E-state index contributed by atoms with van der Waals surface area (Å²) in [6, 6.07) is 2.02. The number of hydrogen-bond acceptors (Lipinski definition) is 5. The lowest BCUT2D eigenvalue weighted by Gasteiger charge is -2.38. The number of nitrogens with zero attached hydrogens (tertiary/aromatic N) is 4. The number of amides is 1. The largest absolute Gasteiger partial charge is 0.376 e. The fraction of sp³-hybridized carbons (Fsp3) is 0.526. The van der Waals surface area contributed by atoms with Gasteiger partial charge in [0.15, 0.2) is 11.8 Å². The molecule has 2 saturated heterocycles. The Hall–Kier alpha value is -2.45. The van der Waals surface area contributed by atoms with E-state index in [0.29, 0.717) is 32.3 Å². The van der Waals surface area contributed by atoms with E-state index in [-0.39, 0.29) is 11.8 Å². The maximum atomic E-state index is 12.9. The molecule has 2 fully saturated rings. The van der Waals surface area contributed by atoms with Crippen LogP contribution in [0.25, 0.3) is 16.7 Å². The summed E-state index contributed by atoms with van der Waals surface area (Å²) >= 11 is 0. The molecule has 0 aliphatic carbocycles. The average molecular weight is 369 g/mol. The molecule has 3 aromatic rings. The first-order valence-electron chi connectivity index (χ1n) is 9.50. The number of fused-ring (bicyclic) bond motifs is 3. The van der Waals surface area contributed by atoms with Crippen LogP contribution in [0.1, 0.15) is 25.1 Å². The van der Waals surface area contributed by atoms with Gasteiger partial charge in [0.1, 0.15) is 5.82 Å². The molecule has 2 aliphatic heterocycles. The first-order valence-corrected chi connectivity index (χ1v) is 9.50. The van der Waals surface area contributed by atoms with Crippen LogP contribution in [0.15, 0.2) is 24.7 Å². The van der Waals surface area contributed by atoms with E-state index in [2.05, 4.69) is 21.3 Å². The Morgan fingerprint density at radius 3 is 3.04 bits per heavy atom. The normalized spacial score (nSPS) is 26.7. The molecule has 0 radical (unpaired) electrons. The number of H-pyrrole nitrogens is 1. The number of rotatable bonds is 2. The maximum absolute atomic E-state index is 12.9. The third-order valence-electron chi connectivity index (χ3n) is 5.78. The first kappa shape index (κ1) is 16.7. The minimum atomic E-state index is -0.481. The molecule has 3 aromatic heterocycles. The van der Waals surface area contributed by atoms with E-state index in [1.165, 1.54) is 0 Å². The Bertz CT molecular complexity index is 974. The van der Waals surface area contributed by atoms with E-state index >= 15 is 0 Å². The molecule has 0 unspecified atom stereocenters. The summed E-state index contributed by atoms with van der Waals surface area (Å²) in [5.41, 5.74) is 2.82. The van der Waals surface area contributed by atoms with Crippen molar-refractivity contribution >= 4 is 22.6 Å². The zero-order valence-corrected chi connectivity index (χ0v) is 15.3. The molecule has 0 saturated carbocycles. The second-order valence-electron chi connectivity index (χ2n) is 7.44. The molecule has 8 heteroatoms. The molecule has 2 aliphatic rings. The Kier molecular flexibility index (Phi) is 4.09. The molecule has 0 aromatic carbocycles. The molecule has 1 N–H and O–H groups in total. The van der Waals surface area contributed by atoms with Gasteiger partial charge in [0.25, 0.3) is 5.91 Å². The number of nitrogens with one attached hydrogen (secondary N) is 1. The van der Waals surface area contributed by atoms with E-state index in [0.717, 1.165) is 35.5 Å². The van der Waals surface area contributed by atoms with Gasteiger partial charge in [-0.05, 0) is 18.4 Å². The van der Waals surface area contributed by atoms with Crippen molar-refractivity contribution in [1.82, 2.24) is 24.3 Å². The molecule has 0 spiro atoms. The average Bonchev–Trinajstić information content (AvgIpc) is 3.35. The van der Waals surface area contributed by atoms with Crippen LogP contribution in [0.4, 0.5) is 0 Å². The number of carbonyl (C=O) groups excluding carboxylic acids is 1. The summed E-state index contributed by atoms with van der Waals surface area (Å²) in [7, 11) is 0. The highest BCUT2D eigenvalue weighted by Gasteiger charge is 2.36. The number of likely N-dealkylation sites (tertiary alicyclic amines) is 1. The molecule has 1 amide bonds. The summed E-state index contributed by atoms with van der Waals surface area (Å²) in [5, 5.41) is 0. The minimum Gasteiger partial charge on any atom is -0.376 e. The van der Waals surface area contributed by atoms with Crippen molar-refractivity contribution in [2.45, 2.75) is 25.4 Å². The maximum Gasteiger partial charge on any atom is 0.254 e. The van der Waals surface area contributed by atoms with Crippen LogP contribution in [0, 0.1) is 5.92 Å². The van der Waals surface area contributed by atoms with Gasteiger partial charge in [0, 0.05) is 25.2 Å². The second kappa shape index (κ2) is 6.61. The second-order valence-corrected chi connectivity index (χ2v) is 7.44. The molecule has 0 bridgehead atoms. The van der Waals surface area contributed by atoms with E-state index < -0.39 is 6.10 Å². The number of imidazole rings is 1. The van der Waals surface area contributed by atoms with E-state index in [9.17, 15) is 4.79 Å². The van der Waals surface area contributed by atoms with Gasteiger partial charge in [-0.25, -0.2) is 9.97 Å². The Balaban J connectivity index is 1.47. The van der Waals surface area contributed by atoms with Crippen LogP contribution in [0.2, 0.25) is 0 Å². The number of piperidine rings is 1. The molecular formula is C19H23N5O3. The van der Waals surface area contributed by atoms with Gasteiger partial charge in [0.05, 0.1) is 43.2 Å². The Labute approximate surface area is 156 Å². The van der Waals surface area contributed by atoms with Gasteiger partial charge < -0.3 is 19.4 Å². The number of aromatic nitrogens is 4. The predicted octanol–water partition coefficient (Wildman–Crippen LogP) is 1.58. The summed E-state index contributed by atoms with van der Waals surface area (Å²) in [6.45, 7) is 5.02. The smallest absolute Gasteiger partial charge is 0.254 e. The van der Waals surface area contributed by atoms with Crippen molar-refractivity contribution in [3.05, 3.63) is 30.5 Å². The highest BCUT2D eigenvalue weighted by molar-refractivity contribution is 5.81. The van der Waals surface area contributed by atoms with Crippen molar-refractivity contribution in [1.29, 1.82) is 0 Å². The molecule has 27 heavy (non-hydrogen) atoms. The number of hydrogen-bond donors (Lipinski definition) is 1. The van der Waals surface area contributed by atoms with Gasteiger partial charge in [-0.1, -0.05) is 6.92 Å². The highest BCUT2D eigenvalue weighted by Crippen LogP contribution is 2.33. The van der Waals surface area contributed by atoms with E-state index in [1.807, 2.05) is 29.6 Å². The van der Waals surface area contributed by atoms with Gasteiger partial charge >= 0.3 is 0 Å². The number of ether oxygens (including phenoxy) is 2. The van der Waals surface area contributed by atoms with Gasteiger partial charge in [-0.3, -0.25) is 9.20 Å². The van der Waals surface area contributed by atoms with Crippen molar-refractivity contribution < 1.29 is 14.3 Å². The first-order chi connectivity index (χ1) is 13.2. The van der Waals surface area contributed by atoms with Crippen LogP contribution >= 0.6 is 0 Å². The molecule has 3 atom stereocenters. The SMILES string of the molecule is C[C@@H]1CCN(C(=O)[C@@H]2COCCO2)C[C@@H]1c1ncc2cnc3[nH]ccc3n12. The van der Waals surface area contributed by atoms with E-state index in [1.54, 1.807) is 0 Å². The standard InChI is InChI=1S/C19H23N5O3/c1-12-3-5-23(19(25)16-11-26-6-7-27-16)10-14(12)18-22-9-13-8-21-17-15(24(13)18)2-4-20-17/h2,4,8-9,12,14,16,20H,3,5-7,10-11H2,1H3/t12-,14+,16+/m1/s1. The molecule has 5 rings (SSSR count). The monoisotopic (exact) mass is 369 g/mol. The van der Waals surface area contributed by atoms with Crippen LogP contribution in [0.5, 0.6) is 0 Å². The minimum absolute atomic E-state index is 0.0286. The topological polar surface area (TPSA) is 84.8 Å². The highest BCUT2D eigenvalue weighted by atomic mass is 16.6. The third kappa shape index (κ3) is 2.80. The van der Waals surface area contributed by atoms with Crippen molar-refractivity contribution in [3.63, 3.8) is 0 Å². The molecule has 8 nitrogen and oxygen atoms in total. The molecular weight excluding hydrogens is 346 g/mol. The summed E-state index contributed by atoms with van der Waals surface area (Å²) in [4.78, 5) is 27.1. The predicted molar refractivity (Wildman–Crippen MR) is 98.5 cm³/mol. The quantitative estimate of drug-likeness (QED) is 0.741. The van der Waals surface area contributed by atoms with Gasteiger partial charge in [-0.2, -0.15) is 0 Å². The molecule has 142 valence electrons. The Morgan fingerprint density at radius 2 is 2.19 bits per heavy atom. The zero-order chi connectivity index (χ0) is 18.4. The number of carbonyl (C=O) groups is 1. The van der Waals surface area contributed by atoms with Crippen LogP contribution < -0.4 is 0 Å². The number of aromatic amines is 1. The van der Waals surface area contributed by atoms with Crippen LogP contribution in [-0.2, 0) is 14.3 Å². The van der Waals surface area contributed by atoms with Crippen LogP contribution in [0.3, 0.4) is 0 Å². The lowest BCUT2D eigenvalue weighted by molar-refractivity contribution is -0.159. The van der Waals surface area contributed by atoms with Crippen LogP contribution in [-0.4, -0.2) is 69.2 Å². The fourth-order valence-electron chi connectivity index (χ4n) is 4.20. The zero-order valence-electron chi connectivity index (χ0n) is 15.3. The summed E-state index contributed by atoms with van der Waals surface area (Å²) in [5.74, 6) is 1.62. The van der Waals surface area contributed by atoms with Crippen molar-refractivity contribution in [3.8, 4) is 0 Å². The fourth-order valence-corrected chi connectivity index (χ4v) is 4.20. The van der Waals surface area contributed by atoms with Gasteiger partial charge in [0.2, 0.25) is 0 Å². The molecule has 5 heterocycles. The van der Waals surface area contributed by atoms with Crippen molar-refractivity contribution in [2.75, 3.05) is 32.9 Å². The summed E-state index contributed by atoms with van der Waals surface area (Å²) in [6.07, 6.45) is 6.05. The Morgan fingerprint density at radius 1 is 1.30 bits per heavy atom. The third-order valence-corrected chi connectivity index (χ3v) is 5.78. The summed E-state index contributed by atoms with van der Waals surface area (Å²) < 4.78 is 13.2. The lowest BCUT2D eigenvalue weighted by Crippen LogP contribution is -2.50. The lowest BCUT2D eigenvalue weighted by atomic mass is 9.86. The van der Waals surface area contributed by atoms with Crippen molar-refractivity contribution in [2.24, 2.45) is 5.92 Å². The van der Waals surface area contributed by atoms with E-state index in [4.69, 9.17) is 14.5 Å². The van der Waals surface area contributed by atoms with Gasteiger partial charge in [-0.15, -0.1) is 0 Å².